The first kappa shape index (κ1) is 30.1. The van der Waals surface area contributed by atoms with Gasteiger partial charge in [-0.2, -0.15) is 0 Å². The second-order valence-electron chi connectivity index (χ2n) is 11.0. The van der Waals surface area contributed by atoms with E-state index >= 15 is 0 Å². The predicted molar refractivity (Wildman–Crippen MR) is 169 cm³/mol. The van der Waals surface area contributed by atoms with E-state index in [9.17, 15) is 19.8 Å². The van der Waals surface area contributed by atoms with Gasteiger partial charge in [0, 0.05) is 35.2 Å². The van der Waals surface area contributed by atoms with Crippen LogP contribution >= 0.6 is 0 Å². The standard InChI is InChI=1S/C36H32N2O8/c1-36(34(41)44-22-38-29(39)17-18-30(38)40,37-35(42)43-21-24-11-5-2-6-12-24)20-27-19-28-31(25-13-7-3-8-14-25)32(33(27)46-23-45-28)26-15-9-4-10-16-26/h2-19,39-40H,20-23H2,1H3,(H,37,42)/t36-/m0/s1. The molecule has 0 radical (unpaired) electrons. The molecule has 1 aromatic heterocycles. The number of hydrogen-bond acceptors (Lipinski definition) is 8. The van der Waals surface area contributed by atoms with Crippen LogP contribution in [0, 0.1) is 0 Å². The fourth-order valence-corrected chi connectivity index (χ4v) is 5.42. The van der Waals surface area contributed by atoms with Crippen molar-refractivity contribution >= 4 is 12.1 Å². The molecule has 0 fully saturated rings. The fraction of sp³-hybridized carbons (Fsp3) is 0.167. The number of hydrogen-bond donors (Lipinski definition) is 3. The summed E-state index contributed by atoms with van der Waals surface area (Å²) >= 11 is 0. The van der Waals surface area contributed by atoms with Gasteiger partial charge >= 0.3 is 12.1 Å². The van der Waals surface area contributed by atoms with Crippen LogP contribution in [0.2, 0.25) is 0 Å². The van der Waals surface area contributed by atoms with E-state index in [1.165, 1.54) is 19.1 Å². The molecule has 0 spiro atoms. The number of aromatic nitrogens is 1. The van der Waals surface area contributed by atoms with Gasteiger partial charge in [0.2, 0.25) is 6.79 Å². The number of alkyl carbamates (subject to hydrolysis) is 1. The van der Waals surface area contributed by atoms with Crippen molar-refractivity contribution in [3.8, 4) is 45.5 Å². The number of amides is 1. The van der Waals surface area contributed by atoms with Crippen LogP contribution in [-0.2, 0) is 34.0 Å². The molecule has 234 valence electrons. The minimum atomic E-state index is -1.69. The molecule has 7 rings (SSSR count). The lowest BCUT2D eigenvalue weighted by Crippen LogP contribution is -2.54. The van der Waals surface area contributed by atoms with Crippen molar-refractivity contribution in [2.24, 2.45) is 0 Å². The summed E-state index contributed by atoms with van der Waals surface area (Å²) in [5.41, 5.74) is 3.08. The number of carbonyl (C=O) groups excluding carboxylic acids is 2. The SMILES string of the molecule is C[C@@](Cc1cc2c(-c3ccccc3)c(-c3ccccc3)c1OCO2)(NC(=O)OCc1ccccc1)C(=O)OCn1c(O)ccc1O. The number of fused-ring (bicyclic) bond motifs is 4. The number of benzene rings is 4. The van der Waals surface area contributed by atoms with Crippen LogP contribution in [0.3, 0.4) is 0 Å². The zero-order valence-electron chi connectivity index (χ0n) is 25.0. The number of rotatable bonds is 10. The van der Waals surface area contributed by atoms with Gasteiger partial charge < -0.3 is 34.5 Å². The summed E-state index contributed by atoms with van der Waals surface area (Å²) in [5, 5.41) is 22.8. The van der Waals surface area contributed by atoms with Crippen molar-refractivity contribution < 1.29 is 38.7 Å². The van der Waals surface area contributed by atoms with Gasteiger partial charge in [-0.1, -0.05) is 91.0 Å². The van der Waals surface area contributed by atoms with Crippen molar-refractivity contribution in [3.05, 3.63) is 120 Å². The fourth-order valence-electron chi connectivity index (χ4n) is 5.42. The number of esters is 1. The van der Waals surface area contributed by atoms with Crippen LogP contribution in [0.5, 0.6) is 23.3 Å². The largest absolute Gasteiger partial charge is 0.494 e. The van der Waals surface area contributed by atoms with E-state index in [1.54, 1.807) is 0 Å². The Kier molecular flexibility index (Phi) is 8.51. The lowest BCUT2D eigenvalue weighted by atomic mass is 9.86. The Labute approximate surface area is 265 Å². The first-order valence-corrected chi connectivity index (χ1v) is 14.6. The normalized spacial score (nSPS) is 13.1. The van der Waals surface area contributed by atoms with Gasteiger partial charge in [-0.05, 0) is 29.7 Å². The van der Waals surface area contributed by atoms with Gasteiger partial charge in [-0.3, -0.25) is 0 Å². The zero-order valence-corrected chi connectivity index (χ0v) is 25.0. The maximum Gasteiger partial charge on any atom is 0.408 e. The first-order valence-electron chi connectivity index (χ1n) is 14.6. The molecule has 2 aliphatic rings. The number of nitrogens with one attached hydrogen (secondary N) is 1. The molecule has 0 aliphatic carbocycles. The summed E-state index contributed by atoms with van der Waals surface area (Å²) in [6.07, 6.45) is -0.913. The molecule has 1 amide bonds. The smallest absolute Gasteiger partial charge is 0.408 e. The van der Waals surface area contributed by atoms with Crippen molar-refractivity contribution in [1.29, 1.82) is 0 Å². The third-order valence-electron chi connectivity index (χ3n) is 7.71. The first-order chi connectivity index (χ1) is 22.3. The quantitative estimate of drug-likeness (QED) is 0.153. The zero-order chi connectivity index (χ0) is 32.1. The third kappa shape index (κ3) is 6.32. The molecular formula is C36H32N2O8. The molecule has 1 atom stereocenters. The lowest BCUT2D eigenvalue weighted by molar-refractivity contribution is -0.155. The second kappa shape index (κ2) is 13.0. The van der Waals surface area contributed by atoms with Crippen molar-refractivity contribution in [3.63, 3.8) is 0 Å². The molecule has 2 aliphatic heterocycles. The minimum Gasteiger partial charge on any atom is -0.494 e. The summed E-state index contributed by atoms with van der Waals surface area (Å²) in [7, 11) is 0. The molecule has 4 aromatic carbocycles. The maximum absolute atomic E-state index is 13.8. The molecular weight excluding hydrogens is 588 g/mol. The Morgan fingerprint density at radius 1 is 0.804 bits per heavy atom. The highest BCUT2D eigenvalue weighted by atomic mass is 16.7. The van der Waals surface area contributed by atoms with E-state index in [0.717, 1.165) is 32.4 Å². The summed E-state index contributed by atoms with van der Waals surface area (Å²) in [5.74, 6) is -0.390. The average molecular weight is 621 g/mol. The Morgan fingerprint density at radius 3 is 2.02 bits per heavy atom. The minimum absolute atomic E-state index is 0.0147. The number of carbonyl (C=O) groups is 2. The Morgan fingerprint density at radius 2 is 1.39 bits per heavy atom. The molecule has 0 saturated heterocycles. The maximum atomic E-state index is 13.8. The van der Waals surface area contributed by atoms with Gasteiger partial charge in [-0.15, -0.1) is 0 Å². The average Bonchev–Trinajstić information content (AvgIpc) is 3.21. The van der Waals surface area contributed by atoms with Gasteiger partial charge in [0.05, 0.1) is 0 Å². The van der Waals surface area contributed by atoms with E-state index in [1.807, 2.05) is 97.1 Å². The summed E-state index contributed by atoms with van der Waals surface area (Å²) < 4.78 is 24.3. The van der Waals surface area contributed by atoms with Crippen LogP contribution in [0.15, 0.2) is 109 Å². The molecule has 10 heteroatoms. The van der Waals surface area contributed by atoms with Gasteiger partial charge in [0.15, 0.2) is 18.5 Å². The van der Waals surface area contributed by atoms with E-state index < -0.39 is 24.3 Å². The highest BCUT2D eigenvalue weighted by molar-refractivity contribution is 5.93. The Balaban J connectivity index is 1.38. The van der Waals surface area contributed by atoms with E-state index in [4.69, 9.17) is 18.9 Å². The van der Waals surface area contributed by atoms with E-state index in [2.05, 4.69) is 5.32 Å². The summed E-state index contributed by atoms with van der Waals surface area (Å²) in [6, 6.07) is 33.0. The van der Waals surface area contributed by atoms with Gasteiger partial charge in [-0.25, -0.2) is 14.2 Å². The summed E-state index contributed by atoms with van der Waals surface area (Å²) in [4.78, 5) is 26.9. The van der Waals surface area contributed by atoms with Crippen LogP contribution in [0.25, 0.3) is 22.3 Å². The molecule has 0 unspecified atom stereocenters. The van der Waals surface area contributed by atoms with Crippen molar-refractivity contribution in [2.75, 3.05) is 6.79 Å². The van der Waals surface area contributed by atoms with E-state index in [-0.39, 0.29) is 31.6 Å². The van der Waals surface area contributed by atoms with Crippen molar-refractivity contribution in [2.45, 2.75) is 32.2 Å². The third-order valence-corrected chi connectivity index (χ3v) is 7.71. The van der Waals surface area contributed by atoms with Crippen LogP contribution in [0.4, 0.5) is 4.79 Å². The predicted octanol–water partition coefficient (Wildman–Crippen LogP) is 6.39. The van der Waals surface area contributed by atoms with E-state index in [0.29, 0.717) is 17.1 Å². The Hall–Kier alpha value is -5.90. The monoisotopic (exact) mass is 620 g/mol. The molecule has 2 bridgehead atoms. The molecule has 3 N–H and O–H groups in total. The number of ether oxygens (including phenoxy) is 4. The molecule has 5 aromatic rings. The topological polar surface area (TPSA) is 128 Å². The van der Waals surface area contributed by atoms with Gasteiger partial charge in [0.1, 0.15) is 23.6 Å². The summed E-state index contributed by atoms with van der Waals surface area (Å²) in [6.45, 7) is 0.945. The molecule has 3 heterocycles. The molecule has 46 heavy (non-hydrogen) atoms. The molecule has 0 saturated carbocycles. The van der Waals surface area contributed by atoms with Crippen LogP contribution in [-0.4, -0.2) is 39.2 Å². The lowest BCUT2D eigenvalue weighted by Gasteiger charge is -2.29. The van der Waals surface area contributed by atoms with Gasteiger partial charge in [0.25, 0.3) is 0 Å². The molecule has 10 nitrogen and oxygen atoms in total. The highest BCUT2D eigenvalue weighted by Gasteiger charge is 2.40. The Bertz CT molecular complexity index is 1820. The van der Waals surface area contributed by atoms with Crippen LogP contribution in [0.1, 0.15) is 18.1 Å². The van der Waals surface area contributed by atoms with Crippen LogP contribution < -0.4 is 14.8 Å². The number of nitrogens with zero attached hydrogens (tertiary/aromatic N) is 1. The number of aromatic hydroxyl groups is 2. The van der Waals surface area contributed by atoms with Crippen molar-refractivity contribution in [1.82, 2.24) is 9.88 Å². The second-order valence-corrected chi connectivity index (χ2v) is 11.0. The highest BCUT2D eigenvalue weighted by Crippen LogP contribution is 2.49.